The molecule has 6 heteroatoms. The number of alkyl halides is 2. The Kier molecular flexibility index (Phi) is 5.53. The van der Waals surface area contributed by atoms with Crippen LogP contribution in [0.1, 0.15) is 18.4 Å². The van der Waals surface area contributed by atoms with Crippen molar-refractivity contribution >= 4 is 23.2 Å². The van der Waals surface area contributed by atoms with Crippen molar-refractivity contribution in [1.82, 2.24) is 4.90 Å². The second kappa shape index (κ2) is 7.18. The minimum atomic E-state index is -2.31. The van der Waals surface area contributed by atoms with Gasteiger partial charge in [0.05, 0.1) is 6.54 Å². The molecule has 0 spiro atoms. The summed E-state index contributed by atoms with van der Waals surface area (Å²) in [5, 5.41) is 3.53. The zero-order chi connectivity index (χ0) is 15.4. The van der Waals surface area contributed by atoms with Gasteiger partial charge in [0.1, 0.15) is 0 Å². The van der Waals surface area contributed by atoms with Gasteiger partial charge in [0.15, 0.2) is 0 Å². The Morgan fingerprint density at radius 3 is 2.67 bits per heavy atom. The molecule has 0 saturated carbocycles. The zero-order valence-electron chi connectivity index (χ0n) is 11.9. The Balaban J connectivity index is 1.87. The summed E-state index contributed by atoms with van der Waals surface area (Å²) in [6.45, 7) is 2.77. The van der Waals surface area contributed by atoms with E-state index < -0.39 is 6.43 Å². The average Bonchev–Trinajstić information content (AvgIpc) is 2.42. The van der Waals surface area contributed by atoms with Crippen molar-refractivity contribution in [3.63, 3.8) is 0 Å². The Labute approximate surface area is 128 Å². The fraction of sp³-hybridized carbons (Fsp3) is 0.533. The van der Waals surface area contributed by atoms with E-state index in [0.29, 0.717) is 31.0 Å². The van der Waals surface area contributed by atoms with Crippen LogP contribution in [-0.2, 0) is 4.79 Å². The van der Waals surface area contributed by atoms with Gasteiger partial charge >= 0.3 is 0 Å². The molecule has 0 radical (unpaired) electrons. The second-order valence-corrected chi connectivity index (χ2v) is 5.85. The van der Waals surface area contributed by atoms with Crippen LogP contribution >= 0.6 is 11.6 Å². The molecule has 0 aromatic heterocycles. The molecule has 1 aliphatic rings. The maximum atomic E-state index is 12.3. The third-order valence-electron chi connectivity index (χ3n) is 3.80. The van der Waals surface area contributed by atoms with Crippen molar-refractivity contribution in [2.45, 2.75) is 26.2 Å². The lowest BCUT2D eigenvalue weighted by molar-refractivity contribution is -0.121. The Morgan fingerprint density at radius 2 is 2.10 bits per heavy atom. The number of carbonyl (C=O) groups excluding carboxylic acids is 1. The predicted molar refractivity (Wildman–Crippen MR) is 80.0 cm³/mol. The number of halogens is 3. The number of nitrogens with one attached hydrogen (secondary N) is 1. The van der Waals surface area contributed by atoms with Gasteiger partial charge in [-0.1, -0.05) is 11.6 Å². The lowest BCUT2D eigenvalue weighted by Gasteiger charge is -2.31. The first-order chi connectivity index (χ1) is 9.95. The molecule has 1 heterocycles. The lowest BCUT2D eigenvalue weighted by Crippen LogP contribution is -2.40. The van der Waals surface area contributed by atoms with Crippen LogP contribution in [0, 0.1) is 12.8 Å². The third-order valence-corrected chi connectivity index (χ3v) is 4.04. The van der Waals surface area contributed by atoms with Gasteiger partial charge in [0, 0.05) is 16.6 Å². The van der Waals surface area contributed by atoms with Crippen LogP contribution in [0.25, 0.3) is 0 Å². The number of hydrogen-bond acceptors (Lipinski definition) is 2. The first kappa shape index (κ1) is 16.2. The SMILES string of the molecule is Cc1cc(Cl)ccc1NC(=O)C1CCN(CC(F)F)CC1. The first-order valence-corrected chi connectivity index (χ1v) is 7.41. The quantitative estimate of drug-likeness (QED) is 0.921. The van der Waals surface area contributed by atoms with Crippen LogP contribution in [0.3, 0.4) is 0 Å². The highest BCUT2D eigenvalue weighted by atomic mass is 35.5. The number of rotatable bonds is 4. The summed E-state index contributed by atoms with van der Waals surface area (Å²) >= 11 is 5.88. The van der Waals surface area contributed by atoms with E-state index in [2.05, 4.69) is 5.32 Å². The van der Waals surface area contributed by atoms with Crippen LogP contribution in [0.5, 0.6) is 0 Å². The minimum Gasteiger partial charge on any atom is -0.326 e. The number of hydrogen-bond donors (Lipinski definition) is 1. The molecule has 1 N–H and O–H groups in total. The fourth-order valence-electron chi connectivity index (χ4n) is 2.58. The molecule has 2 rings (SSSR count). The Bertz CT molecular complexity index is 502. The number of aryl methyl sites for hydroxylation is 1. The highest BCUT2D eigenvalue weighted by Gasteiger charge is 2.26. The second-order valence-electron chi connectivity index (χ2n) is 5.41. The molecule has 0 bridgehead atoms. The van der Waals surface area contributed by atoms with Crippen molar-refractivity contribution in [1.29, 1.82) is 0 Å². The molecule has 116 valence electrons. The predicted octanol–water partition coefficient (Wildman–Crippen LogP) is 3.56. The van der Waals surface area contributed by atoms with E-state index >= 15 is 0 Å². The van der Waals surface area contributed by atoms with Crippen LogP contribution in [-0.4, -0.2) is 36.9 Å². The maximum Gasteiger partial charge on any atom is 0.251 e. The molecule has 1 aromatic carbocycles. The molecule has 0 atom stereocenters. The standard InChI is InChI=1S/C15H19ClF2N2O/c1-10-8-12(16)2-3-13(10)19-15(21)11-4-6-20(7-5-11)9-14(17)18/h2-3,8,11,14H,4-7,9H2,1H3,(H,19,21). The molecule has 1 fully saturated rings. The van der Waals surface area contributed by atoms with Gasteiger partial charge in [-0.15, -0.1) is 0 Å². The van der Waals surface area contributed by atoms with Gasteiger partial charge in [-0.2, -0.15) is 0 Å². The van der Waals surface area contributed by atoms with E-state index in [1.165, 1.54) is 0 Å². The van der Waals surface area contributed by atoms with E-state index in [1.807, 2.05) is 6.92 Å². The monoisotopic (exact) mass is 316 g/mol. The minimum absolute atomic E-state index is 0.0443. The summed E-state index contributed by atoms with van der Waals surface area (Å²) < 4.78 is 24.6. The molecule has 1 amide bonds. The Morgan fingerprint density at radius 1 is 1.43 bits per heavy atom. The van der Waals surface area contributed by atoms with Crippen LogP contribution in [0.4, 0.5) is 14.5 Å². The number of piperidine rings is 1. The highest BCUT2D eigenvalue weighted by molar-refractivity contribution is 6.30. The van der Waals surface area contributed by atoms with Gasteiger partial charge in [0.25, 0.3) is 6.43 Å². The lowest BCUT2D eigenvalue weighted by atomic mass is 9.95. The fourth-order valence-corrected chi connectivity index (χ4v) is 2.80. The van der Waals surface area contributed by atoms with Crippen molar-refractivity contribution in [3.8, 4) is 0 Å². The van der Waals surface area contributed by atoms with Crippen LogP contribution in [0.15, 0.2) is 18.2 Å². The summed E-state index contributed by atoms with van der Waals surface area (Å²) in [5.74, 6) is -0.161. The summed E-state index contributed by atoms with van der Waals surface area (Å²) in [5.41, 5.74) is 1.66. The third kappa shape index (κ3) is 4.64. The summed E-state index contributed by atoms with van der Waals surface area (Å²) in [7, 11) is 0. The normalized spacial score (nSPS) is 17.2. The summed E-state index contributed by atoms with van der Waals surface area (Å²) in [4.78, 5) is 13.9. The number of anilines is 1. The van der Waals surface area contributed by atoms with E-state index in [0.717, 1.165) is 11.3 Å². The first-order valence-electron chi connectivity index (χ1n) is 7.03. The van der Waals surface area contributed by atoms with Crippen LogP contribution < -0.4 is 5.32 Å². The molecule has 1 saturated heterocycles. The topological polar surface area (TPSA) is 32.3 Å². The number of likely N-dealkylation sites (tertiary alicyclic amines) is 1. The van der Waals surface area contributed by atoms with Crippen molar-refractivity contribution < 1.29 is 13.6 Å². The largest absolute Gasteiger partial charge is 0.326 e. The van der Waals surface area contributed by atoms with Crippen molar-refractivity contribution in [2.24, 2.45) is 5.92 Å². The number of benzene rings is 1. The molecule has 0 aliphatic carbocycles. The van der Waals surface area contributed by atoms with E-state index in [1.54, 1.807) is 23.1 Å². The smallest absolute Gasteiger partial charge is 0.251 e. The van der Waals surface area contributed by atoms with E-state index in [9.17, 15) is 13.6 Å². The summed E-state index contributed by atoms with van der Waals surface area (Å²) in [6.07, 6.45) is -1.08. The maximum absolute atomic E-state index is 12.3. The summed E-state index contributed by atoms with van der Waals surface area (Å²) in [6, 6.07) is 5.30. The average molecular weight is 317 g/mol. The Hall–Kier alpha value is -1.20. The molecule has 1 aromatic rings. The number of nitrogens with zero attached hydrogens (tertiary/aromatic N) is 1. The molecule has 21 heavy (non-hydrogen) atoms. The highest BCUT2D eigenvalue weighted by Crippen LogP contribution is 2.23. The van der Waals surface area contributed by atoms with Gasteiger partial charge in [-0.3, -0.25) is 9.69 Å². The molecular weight excluding hydrogens is 298 g/mol. The molecule has 3 nitrogen and oxygen atoms in total. The van der Waals surface area contributed by atoms with Gasteiger partial charge in [-0.25, -0.2) is 8.78 Å². The number of carbonyl (C=O) groups is 1. The van der Waals surface area contributed by atoms with Crippen molar-refractivity contribution in [2.75, 3.05) is 25.0 Å². The van der Waals surface area contributed by atoms with Gasteiger partial charge in [0.2, 0.25) is 5.91 Å². The molecule has 0 unspecified atom stereocenters. The van der Waals surface area contributed by atoms with Crippen molar-refractivity contribution in [3.05, 3.63) is 28.8 Å². The molecule has 1 aliphatic heterocycles. The van der Waals surface area contributed by atoms with E-state index in [4.69, 9.17) is 11.6 Å². The zero-order valence-corrected chi connectivity index (χ0v) is 12.7. The van der Waals surface area contributed by atoms with Gasteiger partial charge in [-0.05, 0) is 56.6 Å². The van der Waals surface area contributed by atoms with Crippen LogP contribution in [0.2, 0.25) is 5.02 Å². The van der Waals surface area contributed by atoms with E-state index in [-0.39, 0.29) is 18.4 Å². The molecular formula is C15H19ClF2N2O. The number of amides is 1. The van der Waals surface area contributed by atoms with Gasteiger partial charge < -0.3 is 5.32 Å².